The summed E-state index contributed by atoms with van der Waals surface area (Å²) < 4.78 is 37.2. The van der Waals surface area contributed by atoms with E-state index in [0.29, 0.717) is 16.5 Å². The van der Waals surface area contributed by atoms with E-state index in [0.717, 1.165) is 16.7 Å². The van der Waals surface area contributed by atoms with Gasteiger partial charge in [0.2, 0.25) is 10.0 Å². The Morgan fingerprint density at radius 1 is 1.03 bits per heavy atom. The van der Waals surface area contributed by atoms with Gasteiger partial charge in [-0.25, -0.2) is 13.2 Å². The standard InChI is InChI=1S/C21H21NO6S/c1-13-4-7-18-16(10-20(23)28-19(18)8-13)12-27-21(24)11-22-29(25,26)17-6-5-14(2)15(3)9-17/h4-10,22H,11-12H2,1-3H3. The SMILES string of the molecule is Cc1ccc2c(COC(=O)CNS(=O)(=O)c3ccc(C)c(C)c3)cc(=O)oc2c1. The fraction of sp³-hybridized carbons (Fsp3) is 0.238. The number of carbonyl (C=O) groups is 1. The Labute approximate surface area is 168 Å². The Morgan fingerprint density at radius 3 is 2.52 bits per heavy atom. The van der Waals surface area contributed by atoms with Crippen LogP contribution >= 0.6 is 0 Å². The van der Waals surface area contributed by atoms with E-state index in [1.54, 1.807) is 24.3 Å². The Balaban J connectivity index is 1.67. The maximum absolute atomic E-state index is 12.4. The van der Waals surface area contributed by atoms with Gasteiger partial charge < -0.3 is 9.15 Å². The first-order valence-corrected chi connectivity index (χ1v) is 10.4. The number of nitrogens with one attached hydrogen (secondary N) is 1. The van der Waals surface area contributed by atoms with Crippen LogP contribution in [-0.4, -0.2) is 20.9 Å². The highest BCUT2D eigenvalue weighted by Crippen LogP contribution is 2.19. The minimum absolute atomic E-state index is 0.0791. The minimum atomic E-state index is -3.84. The lowest BCUT2D eigenvalue weighted by atomic mass is 10.1. The molecule has 2 aromatic carbocycles. The van der Waals surface area contributed by atoms with Gasteiger partial charge in [0.15, 0.2) is 0 Å². The number of hydrogen-bond acceptors (Lipinski definition) is 6. The summed E-state index contributed by atoms with van der Waals surface area (Å²) in [6.07, 6.45) is 0. The fourth-order valence-electron chi connectivity index (χ4n) is 2.78. The van der Waals surface area contributed by atoms with Gasteiger partial charge in [0.1, 0.15) is 18.7 Å². The van der Waals surface area contributed by atoms with Crippen molar-refractivity contribution in [2.24, 2.45) is 0 Å². The molecule has 29 heavy (non-hydrogen) atoms. The predicted octanol–water partition coefficient (Wildman–Crippen LogP) is 2.74. The smallest absolute Gasteiger partial charge is 0.336 e. The van der Waals surface area contributed by atoms with Gasteiger partial charge in [-0.3, -0.25) is 4.79 Å². The maximum Gasteiger partial charge on any atom is 0.336 e. The molecule has 152 valence electrons. The number of esters is 1. The van der Waals surface area contributed by atoms with Crippen LogP contribution in [0.3, 0.4) is 0 Å². The van der Waals surface area contributed by atoms with E-state index >= 15 is 0 Å². The summed E-state index contributed by atoms with van der Waals surface area (Å²) in [6.45, 7) is 4.87. The molecular formula is C21H21NO6S. The molecule has 3 rings (SSSR count). The van der Waals surface area contributed by atoms with E-state index in [4.69, 9.17) is 9.15 Å². The molecule has 0 saturated heterocycles. The highest BCUT2D eigenvalue weighted by molar-refractivity contribution is 7.89. The Morgan fingerprint density at radius 2 is 1.79 bits per heavy atom. The number of sulfonamides is 1. The van der Waals surface area contributed by atoms with Gasteiger partial charge in [0.25, 0.3) is 0 Å². The van der Waals surface area contributed by atoms with Gasteiger partial charge in [0, 0.05) is 17.0 Å². The zero-order valence-corrected chi connectivity index (χ0v) is 17.1. The van der Waals surface area contributed by atoms with E-state index in [1.807, 2.05) is 26.8 Å². The van der Waals surface area contributed by atoms with Gasteiger partial charge in [-0.05, 0) is 55.7 Å². The molecule has 0 bridgehead atoms. The van der Waals surface area contributed by atoms with Crippen molar-refractivity contribution in [1.82, 2.24) is 4.72 Å². The Kier molecular flexibility index (Phi) is 5.86. The van der Waals surface area contributed by atoms with Crippen molar-refractivity contribution < 1.29 is 22.4 Å². The molecule has 0 spiro atoms. The minimum Gasteiger partial charge on any atom is -0.460 e. The zero-order chi connectivity index (χ0) is 21.2. The van der Waals surface area contributed by atoms with Gasteiger partial charge in [-0.1, -0.05) is 18.2 Å². The van der Waals surface area contributed by atoms with Crippen molar-refractivity contribution in [1.29, 1.82) is 0 Å². The molecule has 8 heteroatoms. The zero-order valence-electron chi connectivity index (χ0n) is 16.3. The van der Waals surface area contributed by atoms with Crippen LogP contribution in [0.1, 0.15) is 22.3 Å². The molecule has 7 nitrogen and oxygen atoms in total. The van der Waals surface area contributed by atoms with Gasteiger partial charge in [0.05, 0.1) is 4.90 Å². The number of carbonyl (C=O) groups excluding carboxylic acids is 1. The molecule has 0 saturated carbocycles. The first-order chi connectivity index (χ1) is 13.7. The van der Waals surface area contributed by atoms with Crippen LogP contribution in [0.5, 0.6) is 0 Å². The van der Waals surface area contributed by atoms with Gasteiger partial charge in [-0.15, -0.1) is 0 Å². The Hall–Kier alpha value is -2.97. The summed E-state index contributed by atoms with van der Waals surface area (Å²) in [5.41, 5.74) is 3.07. The lowest BCUT2D eigenvalue weighted by Gasteiger charge is -2.10. The van der Waals surface area contributed by atoms with E-state index in [1.165, 1.54) is 12.1 Å². The second-order valence-corrected chi connectivity index (χ2v) is 8.59. The van der Waals surface area contributed by atoms with Crippen LogP contribution in [0.25, 0.3) is 11.0 Å². The third-order valence-electron chi connectivity index (χ3n) is 4.57. The molecular weight excluding hydrogens is 394 g/mol. The number of hydrogen-bond donors (Lipinski definition) is 1. The summed E-state index contributed by atoms with van der Waals surface area (Å²) in [4.78, 5) is 23.8. The summed E-state index contributed by atoms with van der Waals surface area (Å²) in [5.74, 6) is -0.758. The molecule has 1 N–H and O–H groups in total. The number of fused-ring (bicyclic) bond motifs is 1. The van der Waals surface area contributed by atoms with E-state index in [-0.39, 0.29) is 11.5 Å². The second kappa shape index (κ2) is 8.18. The lowest BCUT2D eigenvalue weighted by molar-refractivity contribution is -0.143. The fourth-order valence-corrected chi connectivity index (χ4v) is 3.84. The van der Waals surface area contributed by atoms with Gasteiger partial charge in [-0.2, -0.15) is 4.72 Å². The van der Waals surface area contributed by atoms with Gasteiger partial charge >= 0.3 is 11.6 Å². The molecule has 1 heterocycles. The van der Waals surface area contributed by atoms with Crippen LogP contribution in [0.15, 0.2) is 56.6 Å². The average Bonchev–Trinajstić information content (AvgIpc) is 2.66. The largest absolute Gasteiger partial charge is 0.460 e. The molecule has 0 fully saturated rings. The van der Waals surface area contributed by atoms with Crippen molar-refractivity contribution in [3.8, 4) is 0 Å². The molecule has 1 aromatic heterocycles. The number of benzene rings is 2. The summed E-state index contributed by atoms with van der Waals surface area (Å²) in [6, 6.07) is 11.3. The van der Waals surface area contributed by atoms with E-state index in [9.17, 15) is 18.0 Å². The molecule has 0 atom stereocenters. The number of aryl methyl sites for hydroxylation is 3. The number of ether oxygens (including phenoxy) is 1. The maximum atomic E-state index is 12.4. The van der Waals surface area contributed by atoms with Crippen molar-refractivity contribution in [2.45, 2.75) is 32.3 Å². The first kappa shape index (κ1) is 20.8. The number of rotatable bonds is 6. The lowest BCUT2D eigenvalue weighted by Crippen LogP contribution is -2.30. The van der Waals surface area contributed by atoms with Crippen LogP contribution in [0.4, 0.5) is 0 Å². The van der Waals surface area contributed by atoms with Crippen LogP contribution in [-0.2, 0) is 26.2 Å². The molecule has 0 unspecified atom stereocenters. The molecule has 3 aromatic rings. The quantitative estimate of drug-likeness (QED) is 0.491. The highest BCUT2D eigenvalue weighted by Gasteiger charge is 2.17. The molecule has 0 aliphatic heterocycles. The highest BCUT2D eigenvalue weighted by atomic mass is 32.2. The normalized spacial score (nSPS) is 11.6. The monoisotopic (exact) mass is 415 g/mol. The van der Waals surface area contributed by atoms with Crippen molar-refractivity contribution in [2.75, 3.05) is 6.54 Å². The third-order valence-corrected chi connectivity index (χ3v) is 5.97. The van der Waals surface area contributed by atoms with Crippen LogP contribution in [0, 0.1) is 20.8 Å². The van der Waals surface area contributed by atoms with Crippen molar-refractivity contribution in [3.63, 3.8) is 0 Å². The topological polar surface area (TPSA) is 103 Å². The second-order valence-electron chi connectivity index (χ2n) is 6.82. The predicted molar refractivity (Wildman–Crippen MR) is 108 cm³/mol. The van der Waals surface area contributed by atoms with Crippen LogP contribution in [0.2, 0.25) is 0 Å². The average molecular weight is 415 g/mol. The van der Waals surface area contributed by atoms with E-state index in [2.05, 4.69) is 4.72 Å². The first-order valence-electron chi connectivity index (χ1n) is 8.91. The van der Waals surface area contributed by atoms with E-state index < -0.39 is 28.2 Å². The van der Waals surface area contributed by atoms with Crippen LogP contribution < -0.4 is 10.3 Å². The molecule has 0 aliphatic rings. The summed E-state index contributed by atoms with van der Waals surface area (Å²) in [5, 5.41) is 0.652. The van der Waals surface area contributed by atoms with Crippen molar-refractivity contribution in [3.05, 3.63) is 75.1 Å². The Bertz CT molecular complexity index is 1240. The van der Waals surface area contributed by atoms with Crippen molar-refractivity contribution >= 4 is 27.0 Å². The molecule has 0 aliphatic carbocycles. The third kappa shape index (κ3) is 4.90. The molecule has 0 radical (unpaired) electrons. The molecule has 0 amide bonds. The summed E-state index contributed by atoms with van der Waals surface area (Å²) in [7, 11) is -3.84. The summed E-state index contributed by atoms with van der Waals surface area (Å²) >= 11 is 0.